The van der Waals surface area contributed by atoms with Gasteiger partial charge in [-0.25, -0.2) is 9.37 Å². The van der Waals surface area contributed by atoms with Crippen LogP contribution >= 0.6 is 0 Å². The van der Waals surface area contributed by atoms with Crippen LogP contribution in [0.25, 0.3) is 11.3 Å². The van der Waals surface area contributed by atoms with Crippen molar-refractivity contribution in [3.8, 4) is 17.0 Å². The number of nitrogens with zero attached hydrogens (tertiary/aromatic N) is 3. The van der Waals surface area contributed by atoms with Gasteiger partial charge in [0.25, 0.3) is 0 Å². The quantitative estimate of drug-likeness (QED) is 0.596. The van der Waals surface area contributed by atoms with E-state index in [9.17, 15) is 9.18 Å². The van der Waals surface area contributed by atoms with E-state index in [1.54, 1.807) is 19.2 Å². The second-order valence-corrected chi connectivity index (χ2v) is 9.31. The topological polar surface area (TPSA) is 73.4 Å². The van der Waals surface area contributed by atoms with E-state index < -0.39 is 5.54 Å². The fraction of sp³-hybridized carbons (Fsp3) is 0.407. The van der Waals surface area contributed by atoms with E-state index in [2.05, 4.69) is 18.4 Å². The maximum Gasteiger partial charge on any atom is 0.237 e. The molecule has 1 aromatic heterocycles. The van der Waals surface area contributed by atoms with Gasteiger partial charge in [-0.1, -0.05) is 31.5 Å². The highest BCUT2D eigenvalue weighted by atomic mass is 19.1. The third-order valence-corrected chi connectivity index (χ3v) is 6.17. The van der Waals surface area contributed by atoms with E-state index in [4.69, 9.17) is 15.5 Å². The van der Waals surface area contributed by atoms with Crippen molar-refractivity contribution in [2.45, 2.75) is 52.6 Å². The average molecular weight is 467 g/mol. The lowest BCUT2D eigenvalue weighted by atomic mass is 9.98. The molecule has 0 fully saturated rings. The summed E-state index contributed by atoms with van der Waals surface area (Å²) < 4.78 is 19.6. The molecule has 1 aliphatic heterocycles. The van der Waals surface area contributed by atoms with Crippen LogP contribution in [0, 0.1) is 12.7 Å². The SMILES string of the molecule is COc1ccc(-c2nc3n(c2C(C)C)CCN(C(=O)CN)C3(C)C)cc1.Cc1ccc(F)cc1. The molecule has 4 rings (SSSR count). The number of ether oxygens (including phenoxy) is 1. The highest BCUT2D eigenvalue weighted by molar-refractivity contribution is 5.79. The van der Waals surface area contributed by atoms with E-state index >= 15 is 0 Å². The van der Waals surface area contributed by atoms with Gasteiger partial charge in [0.2, 0.25) is 5.91 Å². The summed E-state index contributed by atoms with van der Waals surface area (Å²) in [6.07, 6.45) is 0. The largest absolute Gasteiger partial charge is 0.497 e. The molecule has 0 saturated carbocycles. The number of methoxy groups -OCH3 is 1. The molecular weight excluding hydrogens is 431 g/mol. The molecule has 0 bridgehead atoms. The fourth-order valence-electron chi connectivity index (χ4n) is 4.39. The summed E-state index contributed by atoms with van der Waals surface area (Å²) in [6, 6.07) is 14.4. The molecule has 2 N–H and O–H groups in total. The number of hydrogen-bond donors (Lipinski definition) is 1. The van der Waals surface area contributed by atoms with Crippen molar-refractivity contribution in [2.75, 3.05) is 20.2 Å². The molecule has 0 unspecified atom stereocenters. The molecule has 0 spiro atoms. The number of imidazole rings is 1. The molecular formula is C27H35FN4O2. The van der Waals surface area contributed by atoms with E-state index in [0.29, 0.717) is 12.5 Å². The molecule has 6 nitrogen and oxygen atoms in total. The first-order chi connectivity index (χ1) is 16.1. The first-order valence-corrected chi connectivity index (χ1v) is 11.6. The van der Waals surface area contributed by atoms with Crippen LogP contribution in [0.3, 0.4) is 0 Å². The van der Waals surface area contributed by atoms with Crippen molar-refractivity contribution in [3.05, 3.63) is 71.4 Å². The Labute approximate surface area is 201 Å². The van der Waals surface area contributed by atoms with E-state index in [1.807, 2.05) is 49.9 Å². The van der Waals surface area contributed by atoms with Gasteiger partial charge in [0, 0.05) is 24.3 Å². The molecule has 1 aliphatic rings. The number of nitrogens with two attached hydrogens (primary N) is 1. The Morgan fingerprint density at radius 1 is 1.12 bits per heavy atom. The van der Waals surface area contributed by atoms with Gasteiger partial charge in [-0.2, -0.15) is 0 Å². The molecule has 2 aromatic carbocycles. The smallest absolute Gasteiger partial charge is 0.237 e. The highest BCUT2D eigenvalue weighted by Gasteiger charge is 2.41. The van der Waals surface area contributed by atoms with Crippen LogP contribution in [-0.4, -0.2) is 40.6 Å². The van der Waals surface area contributed by atoms with Crippen LogP contribution in [0.15, 0.2) is 48.5 Å². The van der Waals surface area contributed by atoms with Crippen LogP contribution in [-0.2, 0) is 16.9 Å². The number of carbonyl (C=O) groups excluding carboxylic acids is 1. The van der Waals surface area contributed by atoms with Gasteiger partial charge in [-0.05, 0) is 63.1 Å². The molecule has 0 aliphatic carbocycles. The van der Waals surface area contributed by atoms with Crippen molar-refractivity contribution in [2.24, 2.45) is 5.73 Å². The number of fused-ring (bicyclic) bond motifs is 1. The fourth-order valence-corrected chi connectivity index (χ4v) is 4.39. The number of rotatable bonds is 4. The predicted octanol–water partition coefficient (Wildman–Crippen LogP) is 4.85. The molecule has 34 heavy (non-hydrogen) atoms. The van der Waals surface area contributed by atoms with Crippen molar-refractivity contribution >= 4 is 5.91 Å². The number of benzene rings is 2. The minimum absolute atomic E-state index is 0.0204. The van der Waals surface area contributed by atoms with Gasteiger partial charge < -0.3 is 19.9 Å². The second-order valence-electron chi connectivity index (χ2n) is 9.31. The van der Waals surface area contributed by atoms with E-state index in [1.165, 1.54) is 17.8 Å². The Hall–Kier alpha value is -3.19. The van der Waals surface area contributed by atoms with Crippen molar-refractivity contribution in [1.29, 1.82) is 0 Å². The van der Waals surface area contributed by atoms with Crippen LogP contribution in [0.2, 0.25) is 0 Å². The standard InChI is InChI=1S/C20H28N4O2.C7H7F/c1-13(2)18-17(14-6-8-15(26-5)9-7-14)22-19-20(3,4)24(16(25)12-21)11-10-23(18)19;1-6-2-4-7(8)5-3-6/h6-9,13H,10-12,21H2,1-5H3;2-5H,1H3. The minimum atomic E-state index is -0.497. The second kappa shape index (κ2) is 10.4. The Kier molecular flexibility index (Phi) is 7.77. The normalized spacial score (nSPS) is 14.3. The first-order valence-electron chi connectivity index (χ1n) is 11.6. The van der Waals surface area contributed by atoms with E-state index in [-0.39, 0.29) is 18.3 Å². The summed E-state index contributed by atoms with van der Waals surface area (Å²) >= 11 is 0. The van der Waals surface area contributed by atoms with Gasteiger partial charge in [0.1, 0.15) is 17.4 Å². The van der Waals surface area contributed by atoms with Gasteiger partial charge in [0.15, 0.2) is 0 Å². The van der Waals surface area contributed by atoms with Crippen LogP contribution in [0.1, 0.15) is 50.7 Å². The molecule has 7 heteroatoms. The molecule has 0 atom stereocenters. The van der Waals surface area contributed by atoms with Gasteiger partial charge in [0.05, 0.1) is 24.9 Å². The Morgan fingerprint density at radius 3 is 2.24 bits per heavy atom. The van der Waals surface area contributed by atoms with E-state index in [0.717, 1.165) is 34.9 Å². The number of hydrogen-bond acceptors (Lipinski definition) is 4. The van der Waals surface area contributed by atoms with Crippen molar-refractivity contribution in [1.82, 2.24) is 14.5 Å². The predicted molar refractivity (Wildman–Crippen MR) is 133 cm³/mol. The Morgan fingerprint density at radius 2 is 1.74 bits per heavy atom. The molecule has 3 aromatic rings. The molecule has 0 saturated heterocycles. The number of aromatic nitrogens is 2. The Bertz CT molecular complexity index is 1100. The zero-order chi connectivity index (χ0) is 25.0. The summed E-state index contributed by atoms with van der Waals surface area (Å²) in [6.45, 7) is 11.8. The molecule has 182 valence electrons. The van der Waals surface area contributed by atoms with Crippen molar-refractivity contribution in [3.63, 3.8) is 0 Å². The minimum Gasteiger partial charge on any atom is -0.497 e. The summed E-state index contributed by atoms with van der Waals surface area (Å²) in [5.74, 6) is 1.85. The van der Waals surface area contributed by atoms with Crippen molar-refractivity contribution < 1.29 is 13.9 Å². The molecule has 2 heterocycles. The zero-order valence-electron chi connectivity index (χ0n) is 20.9. The van der Waals surface area contributed by atoms with Gasteiger partial charge in [-0.15, -0.1) is 0 Å². The summed E-state index contributed by atoms with van der Waals surface area (Å²) in [5, 5.41) is 0. The van der Waals surface area contributed by atoms with Crippen LogP contribution in [0.5, 0.6) is 5.75 Å². The Balaban J connectivity index is 0.000000343. The lowest BCUT2D eigenvalue weighted by Gasteiger charge is -2.42. The molecule has 1 amide bonds. The maximum atomic E-state index is 12.3. The first kappa shape index (κ1) is 25.4. The van der Waals surface area contributed by atoms with Gasteiger partial charge in [-0.3, -0.25) is 4.79 Å². The lowest BCUT2D eigenvalue weighted by Crippen LogP contribution is -2.53. The highest BCUT2D eigenvalue weighted by Crippen LogP contribution is 2.38. The third kappa shape index (κ3) is 5.14. The lowest BCUT2D eigenvalue weighted by molar-refractivity contribution is -0.137. The number of aryl methyl sites for hydroxylation is 1. The maximum absolute atomic E-state index is 12.3. The zero-order valence-corrected chi connectivity index (χ0v) is 20.9. The monoisotopic (exact) mass is 466 g/mol. The summed E-state index contributed by atoms with van der Waals surface area (Å²) in [4.78, 5) is 19.2. The van der Waals surface area contributed by atoms with Crippen LogP contribution < -0.4 is 10.5 Å². The van der Waals surface area contributed by atoms with Gasteiger partial charge >= 0.3 is 0 Å². The number of carbonyl (C=O) groups is 1. The van der Waals surface area contributed by atoms with Crippen LogP contribution in [0.4, 0.5) is 4.39 Å². The number of halogens is 1. The number of amides is 1. The summed E-state index contributed by atoms with van der Waals surface area (Å²) in [7, 11) is 1.66. The third-order valence-electron chi connectivity index (χ3n) is 6.17. The molecule has 0 radical (unpaired) electrons. The average Bonchev–Trinajstić information content (AvgIpc) is 3.22. The summed E-state index contributed by atoms with van der Waals surface area (Å²) in [5.41, 5.74) is 9.45.